The van der Waals surface area contributed by atoms with Gasteiger partial charge in [-0.15, -0.1) is 0 Å². The summed E-state index contributed by atoms with van der Waals surface area (Å²) in [6.07, 6.45) is 0. The first-order valence-corrected chi connectivity index (χ1v) is 7.36. The van der Waals surface area contributed by atoms with E-state index >= 15 is 0 Å². The molecule has 0 spiro atoms. The average Bonchev–Trinajstić information content (AvgIpc) is 2.38. The molecule has 19 heavy (non-hydrogen) atoms. The Bertz CT molecular complexity index is 448. The van der Waals surface area contributed by atoms with Gasteiger partial charge in [0.15, 0.2) is 6.61 Å². The number of amides is 1. The van der Waals surface area contributed by atoms with Crippen molar-refractivity contribution in [2.45, 2.75) is 13.8 Å². The second-order valence-corrected chi connectivity index (χ2v) is 5.82. The molecule has 0 unspecified atom stereocenters. The first-order chi connectivity index (χ1) is 9.08. The molecule has 1 aromatic rings. The van der Waals surface area contributed by atoms with Crippen molar-refractivity contribution in [1.29, 1.82) is 0 Å². The number of hydrogen-bond acceptors (Lipinski definition) is 2. The molecule has 1 fully saturated rings. The van der Waals surface area contributed by atoms with E-state index in [1.165, 1.54) is 0 Å². The molecular formula is C14H20BrN2O2+. The van der Waals surface area contributed by atoms with Crippen LogP contribution in [0.5, 0.6) is 5.75 Å². The highest BCUT2D eigenvalue weighted by atomic mass is 79.9. The molecule has 1 aliphatic rings. The van der Waals surface area contributed by atoms with Crippen LogP contribution < -0.4 is 10.1 Å². The normalized spacial score (nSPS) is 15.4. The first kappa shape index (κ1) is 14.3. The summed E-state index contributed by atoms with van der Waals surface area (Å²) in [5.41, 5.74) is 2.10. The molecule has 0 bridgehead atoms. The number of quaternary nitrogens is 1. The summed E-state index contributed by atoms with van der Waals surface area (Å²) < 4.78 is 6.75. The number of carbonyl (C=O) groups is 1. The van der Waals surface area contributed by atoms with Crippen LogP contribution in [0.2, 0.25) is 0 Å². The Morgan fingerprint density at radius 1 is 1.32 bits per heavy atom. The van der Waals surface area contributed by atoms with Gasteiger partial charge >= 0.3 is 0 Å². The standard InChI is InChI=1S/C14H19BrN2O2/c1-10-7-12(15)8-11(2)14(10)19-9-13(18)17-5-3-16-4-6-17/h7-8,16H,3-6,9H2,1-2H3/p+1. The van der Waals surface area contributed by atoms with Gasteiger partial charge in [-0.3, -0.25) is 4.79 Å². The predicted molar refractivity (Wildman–Crippen MR) is 77.4 cm³/mol. The Morgan fingerprint density at radius 2 is 1.89 bits per heavy atom. The molecule has 5 heteroatoms. The Hall–Kier alpha value is -1.07. The van der Waals surface area contributed by atoms with E-state index in [1.807, 2.05) is 30.9 Å². The monoisotopic (exact) mass is 327 g/mol. The van der Waals surface area contributed by atoms with Crippen LogP contribution in [0.4, 0.5) is 0 Å². The third-order valence-electron chi connectivity index (χ3n) is 3.32. The molecule has 2 rings (SSSR count). The summed E-state index contributed by atoms with van der Waals surface area (Å²) >= 11 is 3.46. The van der Waals surface area contributed by atoms with Gasteiger partial charge in [-0.05, 0) is 37.1 Å². The molecule has 1 aromatic carbocycles. The number of piperazine rings is 1. The van der Waals surface area contributed by atoms with Gasteiger partial charge in [-0.1, -0.05) is 15.9 Å². The van der Waals surface area contributed by atoms with E-state index in [4.69, 9.17) is 4.74 Å². The summed E-state index contributed by atoms with van der Waals surface area (Å²) in [6.45, 7) is 7.73. The van der Waals surface area contributed by atoms with Gasteiger partial charge in [-0.25, -0.2) is 0 Å². The number of carbonyl (C=O) groups excluding carboxylic acids is 1. The smallest absolute Gasteiger partial charge is 0.260 e. The molecule has 0 radical (unpaired) electrons. The van der Waals surface area contributed by atoms with Gasteiger partial charge in [0.1, 0.15) is 5.75 Å². The van der Waals surface area contributed by atoms with Crippen LogP contribution in [-0.2, 0) is 4.79 Å². The lowest BCUT2D eigenvalue weighted by molar-refractivity contribution is -0.662. The summed E-state index contributed by atoms with van der Waals surface area (Å²) in [5, 5.41) is 2.23. The fourth-order valence-electron chi connectivity index (χ4n) is 2.35. The van der Waals surface area contributed by atoms with Gasteiger partial charge in [0.25, 0.3) is 5.91 Å². The molecule has 2 N–H and O–H groups in total. The predicted octanol–water partition coefficient (Wildman–Crippen LogP) is 0.850. The highest BCUT2D eigenvalue weighted by Crippen LogP contribution is 2.27. The zero-order valence-corrected chi connectivity index (χ0v) is 13.0. The van der Waals surface area contributed by atoms with Gasteiger partial charge in [-0.2, -0.15) is 0 Å². The number of rotatable bonds is 3. The number of ether oxygens (including phenoxy) is 1. The average molecular weight is 328 g/mol. The minimum atomic E-state index is 0.0785. The van der Waals surface area contributed by atoms with E-state index in [2.05, 4.69) is 21.2 Å². The van der Waals surface area contributed by atoms with E-state index < -0.39 is 0 Å². The molecule has 4 nitrogen and oxygen atoms in total. The number of hydrogen-bond donors (Lipinski definition) is 1. The number of nitrogens with two attached hydrogens (primary N) is 1. The van der Waals surface area contributed by atoms with Gasteiger partial charge < -0.3 is 15.0 Å². The molecule has 104 valence electrons. The van der Waals surface area contributed by atoms with Gasteiger partial charge in [0.05, 0.1) is 26.2 Å². The van der Waals surface area contributed by atoms with Crippen LogP contribution in [0.1, 0.15) is 11.1 Å². The lowest BCUT2D eigenvalue weighted by atomic mass is 10.1. The molecule has 0 saturated carbocycles. The lowest BCUT2D eigenvalue weighted by Crippen LogP contribution is -2.90. The van der Waals surface area contributed by atoms with E-state index in [0.29, 0.717) is 0 Å². The largest absolute Gasteiger partial charge is 0.483 e. The summed E-state index contributed by atoms with van der Waals surface area (Å²) in [6, 6.07) is 4.01. The maximum absolute atomic E-state index is 12.0. The quantitative estimate of drug-likeness (QED) is 0.894. The third-order valence-corrected chi connectivity index (χ3v) is 3.78. The summed E-state index contributed by atoms with van der Waals surface area (Å²) in [5.74, 6) is 0.898. The topological polar surface area (TPSA) is 46.1 Å². The van der Waals surface area contributed by atoms with Crippen molar-refractivity contribution in [3.8, 4) is 5.75 Å². The lowest BCUT2D eigenvalue weighted by Gasteiger charge is -2.25. The summed E-state index contributed by atoms with van der Waals surface area (Å²) in [7, 11) is 0. The maximum Gasteiger partial charge on any atom is 0.260 e. The highest BCUT2D eigenvalue weighted by molar-refractivity contribution is 9.10. The SMILES string of the molecule is Cc1cc(Br)cc(C)c1OCC(=O)N1CC[NH2+]CC1. The van der Waals surface area contributed by atoms with E-state index in [9.17, 15) is 4.79 Å². The number of benzene rings is 1. The second-order valence-electron chi connectivity index (χ2n) is 4.90. The highest BCUT2D eigenvalue weighted by Gasteiger charge is 2.19. The molecule has 1 aliphatic heterocycles. The van der Waals surface area contributed by atoms with Crippen LogP contribution in [-0.4, -0.2) is 43.6 Å². The second kappa shape index (κ2) is 6.39. The Labute approximate surface area is 122 Å². The minimum Gasteiger partial charge on any atom is -0.483 e. The number of nitrogens with zero attached hydrogens (tertiary/aromatic N) is 1. The molecule has 0 aromatic heterocycles. The number of halogens is 1. The maximum atomic E-state index is 12.0. The zero-order chi connectivity index (χ0) is 13.8. The van der Waals surface area contributed by atoms with Crippen molar-refractivity contribution in [2.75, 3.05) is 32.8 Å². The molecule has 1 amide bonds. The van der Waals surface area contributed by atoms with Crippen molar-refractivity contribution in [1.82, 2.24) is 4.90 Å². The van der Waals surface area contributed by atoms with Crippen LogP contribution in [0.3, 0.4) is 0 Å². The molecule has 0 aliphatic carbocycles. The van der Waals surface area contributed by atoms with E-state index in [0.717, 1.165) is 47.5 Å². The van der Waals surface area contributed by atoms with Crippen LogP contribution in [0, 0.1) is 13.8 Å². The van der Waals surface area contributed by atoms with E-state index in [1.54, 1.807) is 0 Å². The van der Waals surface area contributed by atoms with Crippen molar-refractivity contribution in [2.24, 2.45) is 0 Å². The van der Waals surface area contributed by atoms with Crippen molar-refractivity contribution >= 4 is 21.8 Å². The van der Waals surface area contributed by atoms with Crippen molar-refractivity contribution in [3.63, 3.8) is 0 Å². The van der Waals surface area contributed by atoms with Crippen molar-refractivity contribution < 1.29 is 14.8 Å². The Kier molecular flexibility index (Phi) is 4.82. The summed E-state index contributed by atoms with van der Waals surface area (Å²) in [4.78, 5) is 13.9. The van der Waals surface area contributed by atoms with E-state index in [-0.39, 0.29) is 12.5 Å². The fraction of sp³-hybridized carbons (Fsp3) is 0.500. The molecule has 1 heterocycles. The first-order valence-electron chi connectivity index (χ1n) is 6.57. The molecule has 1 saturated heterocycles. The van der Waals surface area contributed by atoms with Gasteiger partial charge in [0.2, 0.25) is 0 Å². The van der Waals surface area contributed by atoms with Crippen LogP contribution in [0.15, 0.2) is 16.6 Å². The van der Waals surface area contributed by atoms with Crippen molar-refractivity contribution in [3.05, 3.63) is 27.7 Å². The Morgan fingerprint density at radius 3 is 2.47 bits per heavy atom. The molecule has 0 atom stereocenters. The number of aryl methyl sites for hydroxylation is 2. The third kappa shape index (κ3) is 3.70. The molecular weight excluding hydrogens is 308 g/mol. The van der Waals surface area contributed by atoms with Crippen LogP contribution >= 0.6 is 15.9 Å². The van der Waals surface area contributed by atoms with Gasteiger partial charge in [0, 0.05) is 4.47 Å². The minimum absolute atomic E-state index is 0.0785. The fourth-order valence-corrected chi connectivity index (χ4v) is 3.04. The Balaban J connectivity index is 1.96. The zero-order valence-electron chi connectivity index (χ0n) is 11.4. The van der Waals surface area contributed by atoms with Crippen LogP contribution in [0.25, 0.3) is 0 Å².